The van der Waals surface area contributed by atoms with Gasteiger partial charge in [-0.1, -0.05) is 48.0 Å². The van der Waals surface area contributed by atoms with Gasteiger partial charge >= 0.3 is 0 Å². The lowest BCUT2D eigenvalue weighted by molar-refractivity contribution is 0.617. The molecule has 140 valence electrons. The van der Waals surface area contributed by atoms with Crippen molar-refractivity contribution in [2.75, 3.05) is 0 Å². The molecule has 0 aliphatic heterocycles. The van der Waals surface area contributed by atoms with Gasteiger partial charge in [0.2, 0.25) is 0 Å². The predicted molar refractivity (Wildman–Crippen MR) is 112 cm³/mol. The summed E-state index contributed by atoms with van der Waals surface area (Å²) in [5.74, 6) is -0.0000296. The van der Waals surface area contributed by atoms with Crippen LogP contribution in [-0.2, 0) is 18.6 Å². The van der Waals surface area contributed by atoms with Crippen molar-refractivity contribution < 1.29 is 4.39 Å². The molecule has 0 radical (unpaired) electrons. The van der Waals surface area contributed by atoms with Crippen LogP contribution < -0.4 is 0 Å². The molecule has 2 aromatic carbocycles. The first-order valence-corrected chi connectivity index (χ1v) is 10.6. The van der Waals surface area contributed by atoms with Gasteiger partial charge in [0.1, 0.15) is 16.9 Å². The molecule has 1 aliphatic carbocycles. The molecule has 0 fully saturated rings. The van der Waals surface area contributed by atoms with Crippen molar-refractivity contribution in [3.05, 3.63) is 81.8 Å². The maximum absolute atomic E-state index is 14.2. The van der Waals surface area contributed by atoms with Gasteiger partial charge in [0.05, 0.1) is 5.56 Å². The highest BCUT2D eigenvalue weighted by Crippen LogP contribution is 2.39. The molecule has 4 rings (SSSR count). The number of hydrogen-bond acceptors (Lipinski definition) is 3. The van der Waals surface area contributed by atoms with Crippen molar-refractivity contribution in [3.8, 4) is 17.2 Å². The van der Waals surface area contributed by atoms with E-state index in [0.29, 0.717) is 26.9 Å². The van der Waals surface area contributed by atoms with Gasteiger partial charge in [-0.2, -0.15) is 5.26 Å². The highest BCUT2D eigenvalue weighted by Gasteiger charge is 2.23. The Bertz CT molecular complexity index is 1040. The summed E-state index contributed by atoms with van der Waals surface area (Å²) in [7, 11) is 0. The average Bonchev–Trinajstić information content (AvgIpc) is 2.73. The molecule has 0 atom stereocenters. The van der Waals surface area contributed by atoms with Gasteiger partial charge in [-0.05, 0) is 48.9 Å². The summed E-state index contributed by atoms with van der Waals surface area (Å²) in [4.78, 5) is 4.82. The fraction of sp³-hybridized carbons (Fsp3) is 0.217. The van der Waals surface area contributed by atoms with E-state index in [1.165, 1.54) is 23.4 Å². The first-order valence-electron chi connectivity index (χ1n) is 9.26. The number of thioether (sulfide) groups is 1. The molecule has 0 unspecified atom stereocenters. The van der Waals surface area contributed by atoms with Crippen molar-refractivity contribution in [2.24, 2.45) is 0 Å². The maximum Gasteiger partial charge on any atom is 0.128 e. The molecule has 2 nitrogen and oxygen atoms in total. The van der Waals surface area contributed by atoms with E-state index in [2.05, 4.69) is 6.07 Å². The lowest BCUT2D eigenvalue weighted by Gasteiger charge is -2.22. The molecule has 0 saturated carbocycles. The lowest BCUT2D eigenvalue weighted by atomic mass is 9.87. The summed E-state index contributed by atoms with van der Waals surface area (Å²) in [5.41, 5.74) is 5.27. The largest absolute Gasteiger partial charge is 0.245 e. The summed E-state index contributed by atoms with van der Waals surface area (Å²) in [5, 5.41) is 11.0. The fourth-order valence-corrected chi connectivity index (χ4v) is 5.01. The van der Waals surface area contributed by atoms with E-state index in [-0.39, 0.29) is 5.82 Å². The third-order valence-corrected chi connectivity index (χ3v) is 6.39. The van der Waals surface area contributed by atoms with E-state index < -0.39 is 0 Å². The van der Waals surface area contributed by atoms with Crippen LogP contribution >= 0.6 is 23.4 Å². The smallest absolute Gasteiger partial charge is 0.128 e. The molecular formula is C23H18ClFN2S. The average molecular weight is 409 g/mol. The van der Waals surface area contributed by atoms with Crippen LogP contribution in [0.3, 0.4) is 0 Å². The molecule has 1 heterocycles. The minimum atomic E-state index is -0.334. The first kappa shape index (κ1) is 19.0. The first-order chi connectivity index (χ1) is 13.7. The van der Waals surface area contributed by atoms with E-state index in [0.717, 1.165) is 42.5 Å². The summed E-state index contributed by atoms with van der Waals surface area (Å²) < 4.78 is 14.2. The van der Waals surface area contributed by atoms with E-state index in [9.17, 15) is 9.65 Å². The Morgan fingerprint density at radius 2 is 1.86 bits per heavy atom. The molecule has 28 heavy (non-hydrogen) atoms. The minimum absolute atomic E-state index is 0.334. The number of nitriles is 1. The van der Waals surface area contributed by atoms with Crippen molar-refractivity contribution in [3.63, 3.8) is 0 Å². The number of nitrogens with zero attached hydrogens (tertiary/aromatic N) is 2. The van der Waals surface area contributed by atoms with Crippen LogP contribution in [0.25, 0.3) is 11.1 Å². The number of pyridine rings is 1. The van der Waals surface area contributed by atoms with E-state index in [1.54, 1.807) is 12.1 Å². The van der Waals surface area contributed by atoms with Gasteiger partial charge in [-0.25, -0.2) is 9.37 Å². The van der Waals surface area contributed by atoms with Gasteiger partial charge in [-0.15, -0.1) is 11.8 Å². The lowest BCUT2D eigenvalue weighted by Crippen LogP contribution is -2.10. The van der Waals surface area contributed by atoms with Gasteiger partial charge in [0.15, 0.2) is 0 Å². The van der Waals surface area contributed by atoms with Crippen LogP contribution in [0.1, 0.15) is 35.2 Å². The molecule has 0 N–H and O–H groups in total. The zero-order valence-electron chi connectivity index (χ0n) is 15.2. The van der Waals surface area contributed by atoms with Gasteiger partial charge < -0.3 is 0 Å². The Labute approximate surface area is 173 Å². The normalized spacial score (nSPS) is 13.0. The molecule has 1 aliphatic rings. The molecule has 3 aromatic rings. The SMILES string of the molecule is N#Cc1c(SCc2c(F)cccc2Cl)nc2c(c1-c1ccccc1)CCCC2. The van der Waals surface area contributed by atoms with Crippen molar-refractivity contribution in [1.29, 1.82) is 5.26 Å². The number of rotatable bonds is 4. The van der Waals surface area contributed by atoms with Crippen molar-refractivity contribution in [2.45, 2.75) is 36.5 Å². The Balaban J connectivity index is 1.81. The predicted octanol–water partition coefficient (Wildman–Crippen LogP) is 6.58. The van der Waals surface area contributed by atoms with Gasteiger partial charge in [0, 0.05) is 27.6 Å². The number of hydrogen-bond donors (Lipinski definition) is 0. The molecule has 0 amide bonds. The topological polar surface area (TPSA) is 36.7 Å². The number of benzene rings is 2. The quantitative estimate of drug-likeness (QED) is 0.457. The second-order valence-electron chi connectivity index (χ2n) is 6.77. The van der Waals surface area contributed by atoms with Gasteiger partial charge in [-0.3, -0.25) is 0 Å². The van der Waals surface area contributed by atoms with E-state index in [4.69, 9.17) is 16.6 Å². The van der Waals surface area contributed by atoms with Crippen LogP contribution in [-0.4, -0.2) is 4.98 Å². The van der Waals surface area contributed by atoms with Crippen LogP contribution in [0.4, 0.5) is 4.39 Å². The van der Waals surface area contributed by atoms with Crippen LogP contribution in [0.15, 0.2) is 53.6 Å². The number of halogens is 2. The maximum atomic E-state index is 14.2. The third kappa shape index (κ3) is 3.65. The molecule has 0 spiro atoms. The summed E-state index contributed by atoms with van der Waals surface area (Å²) >= 11 is 7.55. The van der Waals surface area contributed by atoms with Crippen LogP contribution in [0, 0.1) is 17.1 Å². The standard InChI is InChI=1S/C23H18ClFN2S/c24-19-10-6-11-20(25)18(19)14-28-23-17(13-26)22(15-7-2-1-3-8-15)16-9-4-5-12-21(16)27-23/h1-3,6-8,10-11H,4-5,9,12,14H2. The second-order valence-corrected chi connectivity index (χ2v) is 8.14. The number of aromatic nitrogens is 1. The second kappa shape index (κ2) is 8.34. The molecule has 0 saturated heterocycles. The Morgan fingerprint density at radius 1 is 1.07 bits per heavy atom. The molecule has 0 bridgehead atoms. The monoisotopic (exact) mass is 408 g/mol. The fourth-order valence-electron chi connectivity index (χ4n) is 3.66. The van der Waals surface area contributed by atoms with Gasteiger partial charge in [0.25, 0.3) is 0 Å². The molecule has 5 heteroatoms. The molecular weight excluding hydrogens is 391 g/mol. The van der Waals surface area contributed by atoms with Crippen LogP contribution in [0.2, 0.25) is 5.02 Å². The van der Waals surface area contributed by atoms with Crippen LogP contribution in [0.5, 0.6) is 0 Å². The third-order valence-electron chi connectivity index (χ3n) is 5.03. The zero-order chi connectivity index (χ0) is 19.5. The Morgan fingerprint density at radius 3 is 2.61 bits per heavy atom. The highest BCUT2D eigenvalue weighted by atomic mass is 35.5. The van der Waals surface area contributed by atoms with E-state index in [1.807, 2.05) is 30.3 Å². The van der Waals surface area contributed by atoms with E-state index >= 15 is 0 Å². The summed E-state index contributed by atoms with van der Waals surface area (Å²) in [6.45, 7) is 0. The number of fused-ring (bicyclic) bond motifs is 1. The van der Waals surface area contributed by atoms with Crippen molar-refractivity contribution >= 4 is 23.4 Å². The Hall–Kier alpha value is -2.35. The molecule has 1 aromatic heterocycles. The Kier molecular flexibility index (Phi) is 5.66. The highest BCUT2D eigenvalue weighted by molar-refractivity contribution is 7.98. The summed E-state index contributed by atoms with van der Waals surface area (Å²) in [6, 6.07) is 17.1. The van der Waals surface area contributed by atoms with Crippen molar-refractivity contribution in [1.82, 2.24) is 4.98 Å². The minimum Gasteiger partial charge on any atom is -0.245 e. The number of aryl methyl sites for hydroxylation is 1. The summed E-state index contributed by atoms with van der Waals surface area (Å²) in [6.07, 6.45) is 4.06. The zero-order valence-corrected chi connectivity index (χ0v) is 16.8.